The Morgan fingerprint density at radius 1 is 0.913 bits per heavy atom. The first-order valence-electron chi connectivity index (χ1n) is 15.4. The van der Waals surface area contributed by atoms with Crippen molar-refractivity contribution in [3.63, 3.8) is 0 Å². The number of pyridine rings is 1. The second kappa shape index (κ2) is 16.6. The Morgan fingerprint density at radius 3 is 2.24 bits per heavy atom. The lowest BCUT2D eigenvalue weighted by Gasteiger charge is -2.27. The highest BCUT2D eigenvalue weighted by atomic mass is 16.6. The van der Waals surface area contributed by atoms with Crippen LogP contribution in [0.25, 0.3) is 0 Å². The Kier molecular flexibility index (Phi) is 12.3. The quantitative estimate of drug-likeness (QED) is 0.212. The number of hydrogen-bond donors (Lipinski definition) is 3. The highest BCUT2D eigenvalue weighted by Gasteiger charge is 2.19. The van der Waals surface area contributed by atoms with Crippen molar-refractivity contribution in [1.29, 1.82) is 0 Å². The number of aromatic nitrogens is 1. The van der Waals surface area contributed by atoms with Crippen molar-refractivity contribution >= 4 is 35.1 Å². The average Bonchev–Trinajstić information content (AvgIpc) is 3.03. The van der Waals surface area contributed by atoms with E-state index in [0.717, 1.165) is 51.3 Å². The number of nitrogens with zero attached hydrogens (tertiary/aromatic N) is 3. The largest absolute Gasteiger partial charge is 0.497 e. The number of hydrogen-bond acceptors (Lipinski definition) is 8. The van der Waals surface area contributed by atoms with E-state index in [2.05, 4.69) is 25.8 Å². The van der Waals surface area contributed by atoms with E-state index in [4.69, 9.17) is 14.2 Å². The minimum absolute atomic E-state index is 0.190. The minimum atomic E-state index is -0.664. The molecule has 46 heavy (non-hydrogen) atoms. The SMILES string of the molecule is COc1ccc(NC(=O)N(CCCCN2CCOCC2)Cc2ccc(C(=O)Nc3ccccc3NC(=O)OC(C)(C)C)nc2)cc1. The number of unbranched alkanes of at least 4 members (excludes halogenated alkanes) is 1. The highest BCUT2D eigenvalue weighted by molar-refractivity contribution is 6.05. The number of nitrogens with one attached hydrogen (secondary N) is 3. The summed E-state index contributed by atoms with van der Waals surface area (Å²) in [5.74, 6) is 0.262. The lowest BCUT2D eigenvalue weighted by Crippen LogP contribution is -2.38. The van der Waals surface area contributed by atoms with Crippen molar-refractivity contribution in [3.8, 4) is 5.75 Å². The van der Waals surface area contributed by atoms with Crippen LogP contribution in [0.3, 0.4) is 0 Å². The van der Waals surface area contributed by atoms with Gasteiger partial charge in [0.05, 0.1) is 31.7 Å². The number of carbonyl (C=O) groups excluding carboxylic acids is 3. The molecule has 2 heterocycles. The number of amides is 4. The minimum Gasteiger partial charge on any atom is -0.497 e. The molecule has 0 unspecified atom stereocenters. The lowest BCUT2D eigenvalue weighted by atomic mass is 10.2. The fraction of sp³-hybridized carbons (Fsp3) is 0.412. The van der Waals surface area contributed by atoms with Crippen LogP contribution in [0.4, 0.5) is 26.7 Å². The molecule has 4 amide bonds. The van der Waals surface area contributed by atoms with E-state index < -0.39 is 17.6 Å². The monoisotopic (exact) mass is 632 g/mol. The van der Waals surface area contributed by atoms with E-state index in [-0.39, 0.29) is 11.7 Å². The van der Waals surface area contributed by atoms with Crippen LogP contribution in [0.5, 0.6) is 5.75 Å². The molecular weight excluding hydrogens is 588 g/mol. The number of rotatable bonds is 12. The molecule has 2 aromatic carbocycles. The molecule has 12 nitrogen and oxygen atoms in total. The van der Waals surface area contributed by atoms with E-state index in [1.807, 2.05) is 0 Å². The van der Waals surface area contributed by atoms with Gasteiger partial charge >= 0.3 is 12.1 Å². The Balaban J connectivity index is 1.38. The van der Waals surface area contributed by atoms with Gasteiger partial charge in [-0.3, -0.25) is 20.0 Å². The van der Waals surface area contributed by atoms with Crippen molar-refractivity contribution in [2.75, 3.05) is 62.5 Å². The summed E-state index contributed by atoms with van der Waals surface area (Å²) in [6, 6.07) is 17.2. The molecule has 3 aromatic rings. The van der Waals surface area contributed by atoms with Gasteiger partial charge in [0, 0.05) is 38.1 Å². The lowest BCUT2D eigenvalue weighted by molar-refractivity contribution is 0.0370. The highest BCUT2D eigenvalue weighted by Crippen LogP contribution is 2.23. The zero-order valence-electron chi connectivity index (χ0n) is 27.0. The van der Waals surface area contributed by atoms with Crippen LogP contribution in [0.1, 0.15) is 49.7 Å². The molecule has 1 aromatic heterocycles. The molecule has 1 aliphatic rings. The zero-order valence-corrected chi connectivity index (χ0v) is 27.0. The van der Waals surface area contributed by atoms with Crippen molar-refractivity contribution in [2.24, 2.45) is 0 Å². The number of benzene rings is 2. The fourth-order valence-corrected chi connectivity index (χ4v) is 4.77. The normalized spacial score (nSPS) is 13.4. The fourth-order valence-electron chi connectivity index (χ4n) is 4.77. The third-order valence-electron chi connectivity index (χ3n) is 7.13. The molecule has 0 bridgehead atoms. The summed E-state index contributed by atoms with van der Waals surface area (Å²) in [6.07, 6.45) is 2.76. The van der Waals surface area contributed by atoms with Gasteiger partial charge < -0.3 is 29.7 Å². The molecule has 3 N–H and O–H groups in total. The molecule has 1 saturated heterocycles. The summed E-state index contributed by atoms with van der Waals surface area (Å²) in [5.41, 5.74) is 1.77. The Labute approximate surface area is 270 Å². The predicted molar refractivity (Wildman–Crippen MR) is 177 cm³/mol. The Morgan fingerprint density at radius 2 is 1.61 bits per heavy atom. The Hall–Kier alpha value is -4.68. The first kappa shape index (κ1) is 34.2. The van der Waals surface area contributed by atoms with Gasteiger partial charge in [-0.1, -0.05) is 18.2 Å². The van der Waals surface area contributed by atoms with E-state index in [1.54, 1.807) is 99.6 Å². The molecule has 0 aliphatic carbocycles. The summed E-state index contributed by atoms with van der Waals surface area (Å²) in [5, 5.41) is 8.45. The topological polar surface area (TPSA) is 134 Å². The maximum atomic E-state index is 13.4. The van der Waals surface area contributed by atoms with E-state index >= 15 is 0 Å². The summed E-state index contributed by atoms with van der Waals surface area (Å²) in [4.78, 5) is 47.2. The summed E-state index contributed by atoms with van der Waals surface area (Å²) >= 11 is 0. The number of methoxy groups -OCH3 is 1. The summed E-state index contributed by atoms with van der Waals surface area (Å²) in [7, 11) is 1.60. The molecule has 12 heteroatoms. The molecule has 0 atom stereocenters. The molecule has 1 fully saturated rings. The van der Waals surface area contributed by atoms with Crippen LogP contribution in [0, 0.1) is 0 Å². The average molecular weight is 633 g/mol. The van der Waals surface area contributed by atoms with Gasteiger partial charge in [-0.05, 0) is 88.2 Å². The Bertz CT molecular complexity index is 1440. The van der Waals surface area contributed by atoms with Crippen LogP contribution in [0.15, 0.2) is 66.9 Å². The van der Waals surface area contributed by atoms with Gasteiger partial charge in [-0.25, -0.2) is 9.59 Å². The molecule has 246 valence electrons. The van der Waals surface area contributed by atoms with Crippen molar-refractivity contribution in [1.82, 2.24) is 14.8 Å². The summed E-state index contributed by atoms with van der Waals surface area (Å²) < 4.78 is 16.0. The second-order valence-electron chi connectivity index (χ2n) is 11.9. The maximum Gasteiger partial charge on any atom is 0.412 e. The smallest absolute Gasteiger partial charge is 0.412 e. The molecule has 4 rings (SSSR count). The number of ether oxygens (including phenoxy) is 3. The van der Waals surface area contributed by atoms with Crippen LogP contribution >= 0.6 is 0 Å². The van der Waals surface area contributed by atoms with Crippen LogP contribution in [-0.4, -0.2) is 84.9 Å². The standard InChI is InChI=1S/C34H44N6O6/c1-34(2,3)46-33(43)38-29-10-6-5-9-28(29)37-31(41)30-16-11-25(23-35-30)24-40(18-8-7-17-39-19-21-45-22-20-39)32(42)36-26-12-14-27(44-4)15-13-26/h5-6,9-16,23H,7-8,17-22,24H2,1-4H3,(H,36,42)(H,37,41)(H,38,43). The van der Waals surface area contributed by atoms with Gasteiger partial charge in [-0.15, -0.1) is 0 Å². The third kappa shape index (κ3) is 11.0. The predicted octanol–water partition coefficient (Wildman–Crippen LogP) is 5.84. The van der Waals surface area contributed by atoms with Gasteiger partial charge in [0.15, 0.2) is 0 Å². The second-order valence-corrected chi connectivity index (χ2v) is 11.9. The molecule has 1 aliphatic heterocycles. The van der Waals surface area contributed by atoms with Crippen molar-refractivity contribution < 1.29 is 28.6 Å². The zero-order chi connectivity index (χ0) is 32.9. The summed E-state index contributed by atoms with van der Waals surface area (Å²) in [6.45, 7) is 10.5. The molecule has 0 spiro atoms. The van der Waals surface area contributed by atoms with Crippen molar-refractivity contribution in [2.45, 2.75) is 45.8 Å². The van der Waals surface area contributed by atoms with Crippen LogP contribution in [0.2, 0.25) is 0 Å². The molecule has 0 saturated carbocycles. The van der Waals surface area contributed by atoms with Crippen molar-refractivity contribution in [3.05, 3.63) is 78.1 Å². The van der Waals surface area contributed by atoms with E-state index in [0.29, 0.717) is 35.9 Å². The van der Waals surface area contributed by atoms with Gasteiger partial charge in [0.25, 0.3) is 5.91 Å². The number of urea groups is 1. The van der Waals surface area contributed by atoms with Crippen LogP contribution < -0.4 is 20.7 Å². The van der Waals surface area contributed by atoms with Gasteiger partial charge in [0.1, 0.15) is 17.0 Å². The number of morpholine rings is 1. The number of anilines is 3. The van der Waals surface area contributed by atoms with Gasteiger partial charge in [-0.2, -0.15) is 0 Å². The maximum absolute atomic E-state index is 13.4. The van der Waals surface area contributed by atoms with Gasteiger partial charge in [0.2, 0.25) is 0 Å². The number of para-hydroxylation sites is 2. The third-order valence-corrected chi connectivity index (χ3v) is 7.13. The van der Waals surface area contributed by atoms with Crippen LogP contribution in [-0.2, 0) is 16.0 Å². The first-order chi connectivity index (χ1) is 22.1. The first-order valence-corrected chi connectivity index (χ1v) is 15.4. The number of carbonyl (C=O) groups is 3. The molecule has 0 radical (unpaired) electrons. The van der Waals surface area contributed by atoms with E-state index in [1.165, 1.54) is 0 Å². The van der Waals surface area contributed by atoms with E-state index in [9.17, 15) is 14.4 Å². The molecular formula is C34H44N6O6.